The molecule has 0 atom stereocenters. The van der Waals surface area contributed by atoms with Crippen molar-refractivity contribution >= 4 is 46.0 Å². The Labute approximate surface area is 151 Å². The average molecular weight is 382 g/mol. The van der Waals surface area contributed by atoms with E-state index in [1.807, 2.05) is 24.4 Å². The van der Waals surface area contributed by atoms with Gasteiger partial charge in [0.15, 0.2) is 0 Å². The minimum Gasteiger partial charge on any atom is -0.333 e. The highest BCUT2D eigenvalue weighted by Gasteiger charge is 2.11. The molecule has 2 amide bonds. The molecule has 0 aliphatic rings. The Morgan fingerprint density at radius 1 is 1.38 bits per heavy atom. The fourth-order valence-electron chi connectivity index (χ4n) is 2.01. The minimum absolute atomic E-state index is 0.0355. The number of rotatable bonds is 4. The zero-order valence-electron chi connectivity index (χ0n) is 12.6. The molecule has 8 heteroatoms. The Balaban J connectivity index is 1.61. The number of carbonyl (C=O) groups excluding carboxylic acids is 1. The number of benzene rings is 1. The summed E-state index contributed by atoms with van der Waals surface area (Å²) in [5.74, 6) is -0.524. The number of carbonyl (C=O) groups is 1. The smallest absolute Gasteiger partial charge is 0.319 e. The molecule has 3 rings (SSSR count). The van der Waals surface area contributed by atoms with Gasteiger partial charge in [-0.15, -0.1) is 22.7 Å². The number of thiophene rings is 1. The van der Waals surface area contributed by atoms with Crippen LogP contribution < -0.4 is 10.6 Å². The Kier molecular flexibility index (Phi) is 5.13. The van der Waals surface area contributed by atoms with Crippen molar-refractivity contribution in [1.82, 2.24) is 10.3 Å². The van der Waals surface area contributed by atoms with E-state index in [4.69, 9.17) is 11.6 Å². The largest absolute Gasteiger partial charge is 0.333 e. The summed E-state index contributed by atoms with van der Waals surface area (Å²) in [5.41, 5.74) is 1.33. The average Bonchev–Trinajstić information content (AvgIpc) is 3.18. The SMILES string of the molecule is Cc1nc(-c2cccs2)sc1CNC(=O)Nc1ccc(F)c(Cl)c1. The summed E-state index contributed by atoms with van der Waals surface area (Å²) in [6.07, 6.45) is 0. The molecule has 24 heavy (non-hydrogen) atoms. The maximum atomic E-state index is 13.1. The maximum absolute atomic E-state index is 13.1. The molecule has 0 unspecified atom stereocenters. The predicted molar refractivity (Wildman–Crippen MR) is 97.4 cm³/mol. The standard InChI is InChI=1S/C16H13ClFN3OS2/c1-9-14(24-15(20-9)13-3-2-6-23-13)8-19-16(22)21-10-4-5-12(18)11(17)7-10/h2-7H,8H2,1H3,(H2,19,21,22). The van der Waals surface area contributed by atoms with E-state index < -0.39 is 5.82 Å². The molecule has 0 saturated heterocycles. The van der Waals surface area contributed by atoms with Gasteiger partial charge in [-0.2, -0.15) is 0 Å². The number of hydrogen-bond donors (Lipinski definition) is 2. The van der Waals surface area contributed by atoms with Crippen LogP contribution in [0.1, 0.15) is 10.6 Å². The first-order chi connectivity index (χ1) is 11.5. The molecular formula is C16H13ClFN3OS2. The van der Waals surface area contributed by atoms with Crippen LogP contribution in [0, 0.1) is 12.7 Å². The first kappa shape index (κ1) is 16.9. The zero-order chi connectivity index (χ0) is 17.1. The van der Waals surface area contributed by atoms with E-state index in [1.165, 1.54) is 18.2 Å². The fraction of sp³-hybridized carbons (Fsp3) is 0.125. The van der Waals surface area contributed by atoms with Gasteiger partial charge < -0.3 is 10.6 Å². The second-order valence-corrected chi connectivity index (χ2v) is 7.38. The van der Waals surface area contributed by atoms with E-state index in [2.05, 4.69) is 15.6 Å². The minimum atomic E-state index is -0.524. The van der Waals surface area contributed by atoms with Crippen molar-refractivity contribution in [1.29, 1.82) is 0 Å². The van der Waals surface area contributed by atoms with Crippen molar-refractivity contribution in [3.05, 3.63) is 57.1 Å². The molecule has 0 fully saturated rings. The molecule has 2 aromatic heterocycles. The van der Waals surface area contributed by atoms with Gasteiger partial charge >= 0.3 is 6.03 Å². The van der Waals surface area contributed by atoms with E-state index in [0.29, 0.717) is 12.2 Å². The van der Waals surface area contributed by atoms with Crippen LogP contribution in [0.15, 0.2) is 35.7 Å². The van der Waals surface area contributed by atoms with Crippen LogP contribution in [-0.2, 0) is 6.54 Å². The summed E-state index contributed by atoms with van der Waals surface area (Å²) in [7, 11) is 0. The van der Waals surface area contributed by atoms with Crippen LogP contribution >= 0.6 is 34.3 Å². The molecule has 0 saturated carbocycles. The number of amides is 2. The number of anilines is 1. The first-order valence-corrected chi connectivity index (χ1v) is 9.10. The maximum Gasteiger partial charge on any atom is 0.319 e. The second kappa shape index (κ2) is 7.29. The van der Waals surface area contributed by atoms with Gasteiger partial charge in [-0.25, -0.2) is 14.2 Å². The van der Waals surface area contributed by atoms with Gasteiger partial charge in [-0.3, -0.25) is 0 Å². The topological polar surface area (TPSA) is 54.0 Å². The summed E-state index contributed by atoms with van der Waals surface area (Å²) in [4.78, 5) is 18.6. The molecule has 2 N–H and O–H groups in total. The number of nitrogens with zero attached hydrogens (tertiary/aromatic N) is 1. The van der Waals surface area contributed by atoms with E-state index in [0.717, 1.165) is 20.5 Å². The highest BCUT2D eigenvalue weighted by atomic mass is 35.5. The molecule has 3 aromatic rings. The van der Waals surface area contributed by atoms with E-state index in [9.17, 15) is 9.18 Å². The molecule has 0 radical (unpaired) electrons. The van der Waals surface area contributed by atoms with Gasteiger partial charge in [0.05, 0.1) is 22.1 Å². The van der Waals surface area contributed by atoms with Crippen molar-refractivity contribution in [3.8, 4) is 9.88 Å². The van der Waals surface area contributed by atoms with Crippen LogP contribution in [0.3, 0.4) is 0 Å². The van der Waals surface area contributed by atoms with Crippen molar-refractivity contribution in [2.75, 3.05) is 5.32 Å². The summed E-state index contributed by atoms with van der Waals surface area (Å²) in [6, 6.07) is 7.64. The van der Waals surface area contributed by atoms with Crippen LogP contribution in [0.5, 0.6) is 0 Å². The molecule has 124 valence electrons. The van der Waals surface area contributed by atoms with Crippen LogP contribution in [0.2, 0.25) is 5.02 Å². The number of nitrogens with one attached hydrogen (secondary N) is 2. The number of thiazole rings is 1. The Morgan fingerprint density at radius 2 is 2.21 bits per heavy atom. The lowest BCUT2D eigenvalue weighted by molar-refractivity contribution is 0.252. The van der Waals surface area contributed by atoms with Gasteiger partial charge in [-0.05, 0) is 36.6 Å². The second-order valence-electron chi connectivity index (χ2n) is 4.94. The van der Waals surface area contributed by atoms with E-state index >= 15 is 0 Å². The van der Waals surface area contributed by atoms with Crippen molar-refractivity contribution < 1.29 is 9.18 Å². The van der Waals surface area contributed by atoms with Gasteiger partial charge in [0.2, 0.25) is 0 Å². The molecule has 4 nitrogen and oxygen atoms in total. The molecular weight excluding hydrogens is 369 g/mol. The van der Waals surface area contributed by atoms with Gasteiger partial charge in [0.1, 0.15) is 10.8 Å². The van der Waals surface area contributed by atoms with Crippen LogP contribution in [0.25, 0.3) is 9.88 Å². The summed E-state index contributed by atoms with van der Waals surface area (Å²) < 4.78 is 13.1. The summed E-state index contributed by atoms with van der Waals surface area (Å²) in [5, 5.41) is 8.31. The lowest BCUT2D eigenvalue weighted by Gasteiger charge is -2.07. The highest BCUT2D eigenvalue weighted by Crippen LogP contribution is 2.31. The lowest BCUT2D eigenvalue weighted by atomic mass is 10.3. The summed E-state index contributed by atoms with van der Waals surface area (Å²) >= 11 is 8.88. The van der Waals surface area contributed by atoms with Gasteiger partial charge in [-0.1, -0.05) is 17.7 Å². The van der Waals surface area contributed by atoms with Crippen LogP contribution in [-0.4, -0.2) is 11.0 Å². The van der Waals surface area contributed by atoms with E-state index in [-0.39, 0.29) is 11.1 Å². The first-order valence-electron chi connectivity index (χ1n) is 7.03. The third-order valence-electron chi connectivity index (χ3n) is 3.21. The number of aryl methyl sites for hydroxylation is 1. The Bertz CT molecular complexity index is 864. The summed E-state index contributed by atoms with van der Waals surface area (Å²) in [6.45, 7) is 2.29. The molecule has 0 spiro atoms. The zero-order valence-corrected chi connectivity index (χ0v) is 15.0. The molecule has 0 aliphatic carbocycles. The normalized spacial score (nSPS) is 10.6. The Hall–Kier alpha value is -1.96. The molecule has 0 bridgehead atoms. The van der Waals surface area contributed by atoms with Crippen molar-refractivity contribution in [3.63, 3.8) is 0 Å². The van der Waals surface area contributed by atoms with Crippen molar-refractivity contribution in [2.45, 2.75) is 13.5 Å². The third-order valence-corrected chi connectivity index (χ3v) is 5.70. The lowest BCUT2D eigenvalue weighted by Crippen LogP contribution is -2.28. The van der Waals surface area contributed by atoms with Gasteiger partial charge in [0, 0.05) is 10.6 Å². The molecule has 0 aliphatic heterocycles. The quantitative estimate of drug-likeness (QED) is 0.644. The van der Waals surface area contributed by atoms with Crippen molar-refractivity contribution in [2.24, 2.45) is 0 Å². The monoisotopic (exact) mass is 381 g/mol. The third kappa shape index (κ3) is 3.92. The number of urea groups is 1. The van der Waals surface area contributed by atoms with Gasteiger partial charge in [0.25, 0.3) is 0 Å². The number of aromatic nitrogens is 1. The van der Waals surface area contributed by atoms with Crippen LogP contribution in [0.4, 0.5) is 14.9 Å². The molecule has 2 heterocycles. The number of halogens is 2. The molecule has 1 aromatic carbocycles. The highest BCUT2D eigenvalue weighted by molar-refractivity contribution is 7.21. The predicted octanol–water partition coefficient (Wildman–Crippen LogP) is 5.29. The number of hydrogen-bond acceptors (Lipinski definition) is 4. The van der Waals surface area contributed by atoms with E-state index in [1.54, 1.807) is 22.7 Å². The fourth-order valence-corrected chi connectivity index (χ4v) is 3.99. The Morgan fingerprint density at radius 3 is 2.92 bits per heavy atom.